The van der Waals surface area contributed by atoms with E-state index in [-0.39, 0.29) is 12.2 Å². The van der Waals surface area contributed by atoms with Crippen LogP contribution in [0.3, 0.4) is 0 Å². The lowest BCUT2D eigenvalue weighted by Gasteiger charge is -2.18. The van der Waals surface area contributed by atoms with Gasteiger partial charge in [0, 0.05) is 34.3 Å². The van der Waals surface area contributed by atoms with Gasteiger partial charge in [0.15, 0.2) is 0 Å². The molecule has 0 unspecified atom stereocenters. The number of aromatic amines is 1. The molecular formula is C21H20N2O4. The van der Waals surface area contributed by atoms with Gasteiger partial charge in [-0.3, -0.25) is 9.59 Å². The van der Waals surface area contributed by atoms with Crippen LogP contribution in [-0.2, 0) is 17.6 Å². The van der Waals surface area contributed by atoms with E-state index in [4.69, 9.17) is 4.74 Å². The SMILES string of the molecule is COc1ccc2[nH]c(C(=O)c3ccc4c(c3)NCCC4)c(CC(=O)O)c2c1. The second kappa shape index (κ2) is 6.79. The number of carbonyl (C=O) groups excluding carboxylic acids is 1. The monoisotopic (exact) mass is 364 g/mol. The third kappa shape index (κ3) is 3.14. The molecule has 0 bridgehead atoms. The van der Waals surface area contributed by atoms with Crippen LogP contribution < -0.4 is 10.1 Å². The fourth-order valence-corrected chi connectivity index (χ4v) is 3.63. The molecule has 0 radical (unpaired) electrons. The number of rotatable bonds is 5. The number of carboxylic acid groups (broad SMARTS) is 1. The Hall–Kier alpha value is -3.28. The van der Waals surface area contributed by atoms with E-state index in [2.05, 4.69) is 10.3 Å². The molecule has 0 saturated carbocycles. The van der Waals surface area contributed by atoms with Crippen molar-refractivity contribution in [3.63, 3.8) is 0 Å². The molecule has 27 heavy (non-hydrogen) atoms. The summed E-state index contributed by atoms with van der Waals surface area (Å²) in [7, 11) is 1.55. The normalized spacial score (nSPS) is 13.1. The van der Waals surface area contributed by atoms with Gasteiger partial charge >= 0.3 is 5.97 Å². The van der Waals surface area contributed by atoms with E-state index >= 15 is 0 Å². The van der Waals surface area contributed by atoms with Crippen molar-refractivity contribution in [2.75, 3.05) is 19.0 Å². The maximum absolute atomic E-state index is 13.2. The lowest BCUT2D eigenvalue weighted by Crippen LogP contribution is -2.14. The molecule has 1 aliphatic rings. The van der Waals surface area contributed by atoms with Gasteiger partial charge in [-0.15, -0.1) is 0 Å². The third-order valence-corrected chi connectivity index (χ3v) is 4.98. The minimum absolute atomic E-state index is 0.211. The number of aromatic nitrogens is 1. The fourth-order valence-electron chi connectivity index (χ4n) is 3.63. The summed E-state index contributed by atoms with van der Waals surface area (Å²) in [6.07, 6.45) is 1.83. The van der Waals surface area contributed by atoms with Crippen molar-refractivity contribution < 1.29 is 19.4 Å². The molecule has 6 nitrogen and oxygen atoms in total. The topological polar surface area (TPSA) is 91.4 Å². The Morgan fingerprint density at radius 1 is 1.19 bits per heavy atom. The maximum Gasteiger partial charge on any atom is 0.307 e. The number of aliphatic carboxylic acids is 1. The highest BCUT2D eigenvalue weighted by molar-refractivity contribution is 6.13. The lowest BCUT2D eigenvalue weighted by atomic mass is 9.97. The van der Waals surface area contributed by atoms with Crippen LogP contribution in [0.25, 0.3) is 10.9 Å². The number of hydrogen-bond acceptors (Lipinski definition) is 4. The van der Waals surface area contributed by atoms with Gasteiger partial charge in [-0.2, -0.15) is 0 Å². The molecule has 3 N–H and O–H groups in total. The maximum atomic E-state index is 13.2. The molecule has 3 aromatic rings. The molecule has 0 spiro atoms. The Balaban J connectivity index is 1.82. The standard InChI is InChI=1S/C21H20N2O4/c1-27-14-6-7-17-15(10-14)16(11-19(24)25)20(23-17)21(26)13-5-4-12-3-2-8-22-18(12)9-13/h4-7,9-10,22-23H,2-3,8,11H2,1H3,(H,24,25). The van der Waals surface area contributed by atoms with Gasteiger partial charge in [0.05, 0.1) is 19.2 Å². The molecule has 0 atom stereocenters. The number of benzene rings is 2. The summed E-state index contributed by atoms with van der Waals surface area (Å²) in [5, 5.41) is 13.4. The second-order valence-electron chi connectivity index (χ2n) is 6.69. The third-order valence-electron chi connectivity index (χ3n) is 4.98. The molecule has 0 aliphatic carbocycles. The van der Waals surface area contributed by atoms with Crippen LogP contribution in [0, 0.1) is 0 Å². The Labute approximate surface area is 156 Å². The van der Waals surface area contributed by atoms with Crippen LogP contribution in [0.1, 0.15) is 33.6 Å². The number of anilines is 1. The highest BCUT2D eigenvalue weighted by Gasteiger charge is 2.22. The lowest BCUT2D eigenvalue weighted by molar-refractivity contribution is -0.136. The second-order valence-corrected chi connectivity index (χ2v) is 6.69. The number of fused-ring (bicyclic) bond motifs is 2. The number of ether oxygens (including phenoxy) is 1. The quantitative estimate of drug-likeness (QED) is 0.604. The van der Waals surface area contributed by atoms with Crippen LogP contribution in [-0.4, -0.2) is 35.5 Å². The first-order chi connectivity index (χ1) is 13.1. The van der Waals surface area contributed by atoms with Gasteiger partial charge < -0.3 is 20.1 Å². The summed E-state index contributed by atoms with van der Waals surface area (Å²) >= 11 is 0. The zero-order valence-electron chi connectivity index (χ0n) is 15.0. The average molecular weight is 364 g/mol. The summed E-state index contributed by atoms with van der Waals surface area (Å²) < 4.78 is 5.24. The molecule has 2 heterocycles. The van der Waals surface area contributed by atoms with Crippen LogP contribution in [0.15, 0.2) is 36.4 Å². The number of carboxylic acids is 1. The average Bonchev–Trinajstić information content (AvgIpc) is 3.04. The molecule has 0 saturated heterocycles. The summed E-state index contributed by atoms with van der Waals surface area (Å²) in [6, 6.07) is 11.0. The summed E-state index contributed by atoms with van der Waals surface area (Å²) in [5.41, 5.74) is 4.22. The van der Waals surface area contributed by atoms with Crippen molar-refractivity contribution in [1.82, 2.24) is 4.98 Å². The first kappa shape index (κ1) is 17.1. The van der Waals surface area contributed by atoms with E-state index in [1.807, 2.05) is 18.2 Å². The zero-order chi connectivity index (χ0) is 19.0. The Kier molecular flexibility index (Phi) is 4.32. The molecule has 138 valence electrons. The van der Waals surface area contributed by atoms with E-state index in [1.165, 1.54) is 5.56 Å². The zero-order valence-corrected chi connectivity index (χ0v) is 15.0. The van der Waals surface area contributed by atoms with Crippen LogP contribution in [0.5, 0.6) is 5.75 Å². The number of H-pyrrole nitrogens is 1. The molecule has 1 aromatic heterocycles. The number of carbonyl (C=O) groups is 2. The number of aryl methyl sites for hydroxylation is 1. The smallest absolute Gasteiger partial charge is 0.307 e. The number of ketones is 1. The van der Waals surface area contributed by atoms with E-state index in [0.29, 0.717) is 33.5 Å². The molecule has 1 aliphatic heterocycles. The molecule has 6 heteroatoms. The van der Waals surface area contributed by atoms with E-state index in [0.717, 1.165) is 25.1 Å². The van der Waals surface area contributed by atoms with E-state index in [9.17, 15) is 14.7 Å². The van der Waals surface area contributed by atoms with Crippen molar-refractivity contribution in [2.24, 2.45) is 0 Å². The first-order valence-electron chi connectivity index (χ1n) is 8.88. The fraction of sp³-hybridized carbons (Fsp3) is 0.238. The molecular weight excluding hydrogens is 344 g/mol. The number of hydrogen-bond donors (Lipinski definition) is 3. The van der Waals surface area contributed by atoms with Gasteiger partial charge in [0.1, 0.15) is 5.75 Å². The Morgan fingerprint density at radius 3 is 2.81 bits per heavy atom. The van der Waals surface area contributed by atoms with Crippen molar-refractivity contribution in [3.05, 3.63) is 58.8 Å². The highest BCUT2D eigenvalue weighted by Crippen LogP contribution is 2.30. The molecule has 4 rings (SSSR count). The molecule has 0 fully saturated rings. The summed E-state index contributed by atoms with van der Waals surface area (Å²) in [4.78, 5) is 27.7. The predicted octanol–water partition coefficient (Wildman–Crippen LogP) is 3.39. The van der Waals surface area contributed by atoms with E-state index < -0.39 is 5.97 Å². The Morgan fingerprint density at radius 2 is 2.04 bits per heavy atom. The first-order valence-corrected chi connectivity index (χ1v) is 8.88. The van der Waals surface area contributed by atoms with Crippen LogP contribution in [0.4, 0.5) is 5.69 Å². The van der Waals surface area contributed by atoms with Crippen molar-refractivity contribution in [1.29, 1.82) is 0 Å². The molecule has 0 amide bonds. The largest absolute Gasteiger partial charge is 0.497 e. The van der Waals surface area contributed by atoms with Crippen LogP contribution >= 0.6 is 0 Å². The summed E-state index contributed by atoms with van der Waals surface area (Å²) in [5.74, 6) is -0.582. The number of nitrogens with one attached hydrogen (secondary N) is 2. The minimum atomic E-state index is -0.986. The van der Waals surface area contributed by atoms with Crippen molar-refractivity contribution in [3.8, 4) is 5.75 Å². The van der Waals surface area contributed by atoms with Crippen LogP contribution in [0.2, 0.25) is 0 Å². The van der Waals surface area contributed by atoms with Crippen molar-refractivity contribution in [2.45, 2.75) is 19.3 Å². The van der Waals surface area contributed by atoms with Gasteiger partial charge in [-0.05, 0) is 42.7 Å². The predicted molar refractivity (Wildman–Crippen MR) is 103 cm³/mol. The van der Waals surface area contributed by atoms with Crippen molar-refractivity contribution >= 4 is 28.3 Å². The van der Waals surface area contributed by atoms with Gasteiger partial charge in [0.2, 0.25) is 5.78 Å². The van der Waals surface area contributed by atoms with Gasteiger partial charge in [-0.1, -0.05) is 12.1 Å². The highest BCUT2D eigenvalue weighted by atomic mass is 16.5. The van der Waals surface area contributed by atoms with Gasteiger partial charge in [-0.25, -0.2) is 0 Å². The van der Waals surface area contributed by atoms with Gasteiger partial charge in [0.25, 0.3) is 0 Å². The minimum Gasteiger partial charge on any atom is -0.497 e. The summed E-state index contributed by atoms with van der Waals surface area (Å²) in [6.45, 7) is 0.890. The molecule has 2 aromatic carbocycles. The number of methoxy groups -OCH3 is 1. The van der Waals surface area contributed by atoms with E-state index in [1.54, 1.807) is 25.3 Å². The Bertz CT molecular complexity index is 1050.